The second kappa shape index (κ2) is 6.52. The van der Waals surface area contributed by atoms with Crippen molar-refractivity contribution in [3.8, 4) is 17.0 Å². The summed E-state index contributed by atoms with van der Waals surface area (Å²) in [7, 11) is 1.66. The summed E-state index contributed by atoms with van der Waals surface area (Å²) in [5.74, 6) is 1.70. The number of ether oxygens (including phenoxy) is 1. The van der Waals surface area contributed by atoms with E-state index >= 15 is 0 Å². The molecule has 0 unspecified atom stereocenters. The Morgan fingerprint density at radius 3 is 2.38 bits per heavy atom. The van der Waals surface area contributed by atoms with Crippen LogP contribution < -0.4 is 10.1 Å². The third kappa shape index (κ3) is 2.88. The van der Waals surface area contributed by atoms with E-state index in [0.717, 1.165) is 45.4 Å². The minimum atomic E-state index is 0.827. The van der Waals surface area contributed by atoms with Gasteiger partial charge < -0.3 is 10.1 Å². The summed E-state index contributed by atoms with van der Waals surface area (Å²) in [4.78, 5) is 4.69. The highest BCUT2D eigenvalue weighted by molar-refractivity contribution is 5.72. The van der Waals surface area contributed by atoms with Crippen LogP contribution in [0.1, 0.15) is 11.3 Å². The van der Waals surface area contributed by atoms with E-state index in [0.29, 0.717) is 0 Å². The van der Waals surface area contributed by atoms with E-state index < -0.39 is 0 Å². The fourth-order valence-corrected chi connectivity index (χ4v) is 3.03. The first kappa shape index (κ1) is 16.1. The molecule has 5 nitrogen and oxygen atoms in total. The Kier molecular flexibility index (Phi) is 4.05. The Morgan fingerprint density at radius 1 is 0.962 bits per heavy atom. The topological polar surface area (TPSA) is 51.5 Å². The molecule has 2 aromatic heterocycles. The van der Waals surface area contributed by atoms with Gasteiger partial charge in [0.15, 0.2) is 5.65 Å². The largest absolute Gasteiger partial charge is 0.497 e. The number of hydrogen-bond acceptors (Lipinski definition) is 4. The molecule has 0 radical (unpaired) electrons. The number of anilines is 2. The molecule has 0 spiro atoms. The molecule has 0 saturated carbocycles. The SMILES string of the molecule is COc1ccc(Nc2cc(C)nc3c(C)c(-c4ccccc4)nn23)cc1. The molecule has 0 aliphatic carbocycles. The van der Waals surface area contributed by atoms with Crippen molar-refractivity contribution in [3.63, 3.8) is 0 Å². The predicted molar refractivity (Wildman–Crippen MR) is 104 cm³/mol. The van der Waals surface area contributed by atoms with Gasteiger partial charge in [-0.05, 0) is 38.1 Å². The molecular weight excluding hydrogens is 324 g/mol. The van der Waals surface area contributed by atoms with Gasteiger partial charge in [0, 0.05) is 28.6 Å². The fraction of sp³-hybridized carbons (Fsp3) is 0.143. The molecule has 0 amide bonds. The second-order valence-corrected chi connectivity index (χ2v) is 6.21. The quantitative estimate of drug-likeness (QED) is 0.580. The summed E-state index contributed by atoms with van der Waals surface area (Å²) in [6.45, 7) is 4.06. The summed E-state index contributed by atoms with van der Waals surface area (Å²) in [6, 6.07) is 20.0. The first-order chi connectivity index (χ1) is 12.7. The van der Waals surface area contributed by atoms with Gasteiger partial charge in [0.25, 0.3) is 0 Å². The average molecular weight is 344 g/mol. The molecule has 1 N–H and O–H groups in total. The highest BCUT2D eigenvalue weighted by Gasteiger charge is 2.15. The minimum absolute atomic E-state index is 0.827. The molecule has 2 aromatic carbocycles. The zero-order chi connectivity index (χ0) is 18.1. The van der Waals surface area contributed by atoms with Crippen LogP contribution in [-0.4, -0.2) is 21.7 Å². The number of aromatic nitrogens is 3. The monoisotopic (exact) mass is 344 g/mol. The van der Waals surface area contributed by atoms with Gasteiger partial charge in [0.1, 0.15) is 11.6 Å². The lowest BCUT2D eigenvalue weighted by Gasteiger charge is -2.10. The van der Waals surface area contributed by atoms with E-state index in [4.69, 9.17) is 14.8 Å². The van der Waals surface area contributed by atoms with Gasteiger partial charge in [0.2, 0.25) is 0 Å². The van der Waals surface area contributed by atoms with Crippen LogP contribution in [0.4, 0.5) is 11.5 Å². The lowest BCUT2D eigenvalue weighted by atomic mass is 10.1. The first-order valence-electron chi connectivity index (χ1n) is 8.49. The third-order valence-electron chi connectivity index (χ3n) is 4.36. The van der Waals surface area contributed by atoms with Crippen LogP contribution in [0.2, 0.25) is 0 Å². The van der Waals surface area contributed by atoms with Crippen LogP contribution in [-0.2, 0) is 0 Å². The Bertz CT molecular complexity index is 1050. The lowest BCUT2D eigenvalue weighted by Crippen LogP contribution is -2.02. The van der Waals surface area contributed by atoms with Gasteiger partial charge in [-0.2, -0.15) is 9.61 Å². The zero-order valence-corrected chi connectivity index (χ0v) is 15.0. The summed E-state index contributed by atoms with van der Waals surface area (Å²) >= 11 is 0. The Labute approximate surface area is 152 Å². The first-order valence-corrected chi connectivity index (χ1v) is 8.49. The predicted octanol–water partition coefficient (Wildman–Crippen LogP) is 4.77. The van der Waals surface area contributed by atoms with Crippen molar-refractivity contribution in [2.75, 3.05) is 12.4 Å². The molecule has 0 fully saturated rings. The van der Waals surface area contributed by atoms with Crippen molar-refractivity contribution >= 4 is 17.2 Å². The molecule has 0 bridgehead atoms. The van der Waals surface area contributed by atoms with Gasteiger partial charge in [-0.3, -0.25) is 0 Å². The number of hydrogen-bond donors (Lipinski definition) is 1. The summed E-state index contributed by atoms with van der Waals surface area (Å²) in [5, 5.41) is 8.26. The number of aryl methyl sites for hydroxylation is 2. The average Bonchev–Trinajstić information content (AvgIpc) is 3.00. The maximum absolute atomic E-state index is 5.22. The van der Waals surface area contributed by atoms with Gasteiger partial charge in [-0.1, -0.05) is 30.3 Å². The summed E-state index contributed by atoms with van der Waals surface area (Å²) in [5.41, 5.74) is 5.87. The van der Waals surface area contributed by atoms with Crippen LogP contribution >= 0.6 is 0 Å². The molecule has 0 aliphatic rings. The molecule has 4 rings (SSSR count). The third-order valence-corrected chi connectivity index (χ3v) is 4.36. The van der Waals surface area contributed by atoms with E-state index in [1.54, 1.807) is 7.11 Å². The van der Waals surface area contributed by atoms with Gasteiger partial charge in [-0.15, -0.1) is 0 Å². The summed E-state index contributed by atoms with van der Waals surface area (Å²) < 4.78 is 7.09. The van der Waals surface area contributed by atoms with Crippen LogP contribution in [0.25, 0.3) is 16.9 Å². The Hall–Kier alpha value is -3.34. The normalized spacial score (nSPS) is 10.9. The number of nitrogens with zero attached hydrogens (tertiary/aromatic N) is 3. The van der Waals surface area contributed by atoms with Crippen molar-refractivity contribution in [1.29, 1.82) is 0 Å². The van der Waals surface area contributed by atoms with E-state index in [1.165, 1.54) is 0 Å². The number of fused-ring (bicyclic) bond motifs is 1. The molecule has 2 heterocycles. The van der Waals surface area contributed by atoms with E-state index in [-0.39, 0.29) is 0 Å². The van der Waals surface area contributed by atoms with Gasteiger partial charge in [0.05, 0.1) is 12.8 Å². The molecular formula is C21H20N4O. The maximum Gasteiger partial charge on any atom is 0.161 e. The smallest absolute Gasteiger partial charge is 0.161 e. The number of benzene rings is 2. The zero-order valence-electron chi connectivity index (χ0n) is 15.0. The van der Waals surface area contributed by atoms with Crippen molar-refractivity contribution < 1.29 is 4.74 Å². The van der Waals surface area contributed by atoms with Gasteiger partial charge in [-0.25, -0.2) is 4.98 Å². The van der Waals surface area contributed by atoms with Gasteiger partial charge >= 0.3 is 0 Å². The Balaban J connectivity index is 1.81. The van der Waals surface area contributed by atoms with Crippen molar-refractivity contribution in [2.45, 2.75) is 13.8 Å². The van der Waals surface area contributed by atoms with Crippen molar-refractivity contribution in [1.82, 2.24) is 14.6 Å². The molecule has 5 heteroatoms. The fourth-order valence-electron chi connectivity index (χ4n) is 3.03. The van der Waals surface area contributed by atoms with Crippen LogP contribution in [0, 0.1) is 13.8 Å². The van der Waals surface area contributed by atoms with Crippen LogP contribution in [0.15, 0.2) is 60.7 Å². The Morgan fingerprint density at radius 2 is 1.69 bits per heavy atom. The van der Waals surface area contributed by atoms with E-state index in [1.807, 2.05) is 60.0 Å². The van der Waals surface area contributed by atoms with E-state index in [2.05, 4.69) is 24.4 Å². The molecule has 0 atom stereocenters. The van der Waals surface area contributed by atoms with E-state index in [9.17, 15) is 0 Å². The van der Waals surface area contributed by atoms with Crippen molar-refractivity contribution in [3.05, 3.63) is 71.9 Å². The molecule has 130 valence electrons. The lowest BCUT2D eigenvalue weighted by molar-refractivity contribution is 0.415. The molecule has 0 saturated heterocycles. The van der Waals surface area contributed by atoms with Crippen LogP contribution in [0.5, 0.6) is 5.75 Å². The maximum atomic E-state index is 5.22. The molecule has 0 aliphatic heterocycles. The highest BCUT2D eigenvalue weighted by Crippen LogP contribution is 2.28. The number of methoxy groups -OCH3 is 1. The van der Waals surface area contributed by atoms with Crippen LogP contribution in [0.3, 0.4) is 0 Å². The molecule has 26 heavy (non-hydrogen) atoms. The van der Waals surface area contributed by atoms with Crippen molar-refractivity contribution in [2.24, 2.45) is 0 Å². The number of rotatable bonds is 4. The summed E-state index contributed by atoms with van der Waals surface area (Å²) in [6.07, 6.45) is 0. The second-order valence-electron chi connectivity index (χ2n) is 6.21. The standard InChI is InChI=1S/C21H20N4O/c1-14-13-19(23-17-9-11-18(26-3)12-10-17)25-21(22-14)15(2)20(24-25)16-7-5-4-6-8-16/h4-13,23H,1-3H3. The minimum Gasteiger partial charge on any atom is -0.497 e. The number of nitrogens with one attached hydrogen (secondary N) is 1. The molecule has 4 aromatic rings. The highest BCUT2D eigenvalue weighted by atomic mass is 16.5.